The number of unbranched alkanes of at least 4 members (excludes halogenated alkanes) is 1. The van der Waals surface area contributed by atoms with Crippen LogP contribution in [0.1, 0.15) is 26.2 Å². The van der Waals surface area contributed by atoms with Gasteiger partial charge in [-0.1, -0.05) is 6.92 Å². The first-order valence-electron chi connectivity index (χ1n) is 6.83. The highest BCUT2D eigenvalue weighted by atomic mass is 15.2. The maximum absolute atomic E-state index is 5.64. The monoisotopic (exact) mass is 245 g/mol. The molecule has 0 aliphatic carbocycles. The second-order valence-corrected chi connectivity index (χ2v) is 4.43. The van der Waals surface area contributed by atoms with E-state index in [0.29, 0.717) is 13.2 Å². The molecule has 0 aromatic rings. The molecule has 0 amide bonds. The summed E-state index contributed by atoms with van der Waals surface area (Å²) in [6.45, 7) is 9.52. The highest BCUT2D eigenvalue weighted by Crippen LogP contribution is 1.98. The topological polar surface area (TPSA) is 84.5 Å². The zero-order valence-corrected chi connectivity index (χ0v) is 11.4. The first kappa shape index (κ1) is 16.8. The molecule has 0 heterocycles. The largest absolute Gasteiger partial charge is 0.329 e. The smallest absolute Gasteiger partial charge is 0.0455 e. The lowest BCUT2D eigenvalue weighted by Crippen LogP contribution is -2.36. The minimum atomic E-state index is 0.610. The first-order valence-corrected chi connectivity index (χ1v) is 6.83. The molecule has 0 fully saturated rings. The molecule has 0 unspecified atom stereocenters. The molecule has 0 spiro atoms. The molecule has 0 aliphatic heterocycles. The normalized spacial score (nSPS) is 11.6. The van der Waals surface area contributed by atoms with Crippen LogP contribution in [0.15, 0.2) is 0 Å². The second-order valence-electron chi connectivity index (χ2n) is 4.43. The summed E-state index contributed by atoms with van der Waals surface area (Å²) in [5.74, 6) is 0. The number of rotatable bonds is 12. The van der Waals surface area contributed by atoms with Crippen molar-refractivity contribution in [2.45, 2.75) is 26.2 Å². The van der Waals surface area contributed by atoms with Gasteiger partial charge in [-0.3, -0.25) is 4.90 Å². The molecule has 0 aromatic carbocycles. The fourth-order valence-corrected chi connectivity index (χ4v) is 1.98. The van der Waals surface area contributed by atoms with Crippen LogP contribution in [-0.4, -0.2) is 62.3 Å². The Morgan fingerprint density at radius 3 is 1.71 bits per heavy atom. The molecule has 0 rings (SSSR count). The maximum Gasteiger partial charge on any atom is 0.0455 e. The predicted molar refractivity (Wildman–Crippen MR) is 74.7 cm³/mol. The fourth-order valence-electron chi connectivity index (χ4n) is 1.98. The fraction of sp³-hybridized carbons (Fsp3) is 1.00. The highest BCUT2D eigenvalue weighted by molar-refractivity contribution is 4.60. The molecule has 0 saturated heterocycles. The first-order chi connectivity index (χ1) is 8.28. The molecular weight excluding hydrogens is 214 g/mol. The quantitative estimate of drug-likeness (QED) is 0.322. The van der Waals surface area contributed by atoms with E-state index in [1.807, 2.05) is 0 Å². The van der Waals surface area contributed by atoms with E-state index < -0.39 is 0 Å². The summed E-state index contributed by atoms with van der Waals surface area (Å²) in [6.07, 6.45) is 3.59. The molecule has 5 nitrogen and oxygen atoms in total. The van der Waals surface area contributed by atoms with E-state index in [1.165, 1.54) is 19.3 Å². The molecule has 0 saturated carbocycles. The number of hydrogen-bond donors (Lipinski definition) is 3. The number of nitrogens with two attached hydrogens (primary N) is 3. The van der Waals surface area contributed by atoms with Gasteiger partial charge in [0.1, 0.15) is 0 Å². The Labute approximate surface area is 106 Å². The Hall–Kier alpha value is -0.200. The minimum absolute atomic E-state index is 0.610. The molecule has 0 radical (unpaired) electrons. The van der Waals surface area contributed by atoms with Crippen LogP contribution in [0, 0.1) is 0 Å². The lowest BCUT2D eigenvalue weighted by atomic mass is 10.2. The van der Waals surface area contributed by atoms with E-state index in [4.69, 9.17) is 17.2 Å². The van der Waals surface area contributed by atoms with Crippen molar-refractivity contribution >= 4 is 0 Å². The summed E-state index contributed by atoms with van der Waals surface area (Å²) in [5, 5.41) is 0. The van der Waals surface area contributed by atoms with Gasteiger partial charge in [0, 0.05) is 32.8 Å². The van der Waals surface area contributed by atoms with Gasteiger partial charge in [0.05, 0.1) is 0 Å². The Morgan fingerprint density at radius 1 is 0.706 bits per heavy atom. The third kappa shape index (κ3) is 9.50. The summed E-state index contributed by atoms with van der Waals surface area (Å²) >= 11 is 0. The van der Waals surface area contributed by atoms with Crippen LogP contribution in [0.5, 0.6) is 0 Å². The third-order valence-electron chi connectivity index (χ3n) is 2.89. The van der Waals surface area contributed by atoms with Crippen molar-refractivity contribution < 1.29 is 0 Å². The molecule has 0 aliphatic rings. The molecule has 0 aromatic heterocycles. The van der Waals surface area contributed by atoms with Crippen molar-refractivity contribution in [3.63, 3.8) is 0 Å². The molecule has 104 valence electrons. The summed E-state index contributed by atoms with van der Waals surface area (Å²) in [5.41, 5.74) is 16.7. The van der Waals surface area contributed by atoms with Crippen molar-refractivity contribution in [1.29, 1.82) is 0 Å². The minimum Gasteiger partial charge on any atom is -0.329 e. The van der Waals surface area contributed by atoms with Crippen LogP contribution in [-0.2, 0) is 0 Å². The zero-order valence-electron chi connectivity index (χ0n) is 11.4. The molecule has 6 N–H and O–H groups in total. The Bertz CT molecular complexity index is 148. The van der Waals surface area contributed by atoms with Gasteiger partial charge < -0.3 is 22.1 Å². The SMILES string of the molecule is CCCN(CCN)CCCCN(CN)CCN. The van der Waals surface area contributed by atoms with Crippen molar-refractivity contribution in [2.24, 2.45) is 17.2 Å². The number of hydrogen-bond acceptors (Lipinski definition) is 5. The van der Waals surface area contributed by atoms with Gasteiger partial charge in [-0.25, -0.2) is 0 Å². The van der Waals surface area contributed by atoms with Gasteiger partial charge in [-0.05, 0) is 38.9 Å². The molecule has 0 bridgehead atoms. The second kappa shape index (κ2) is 12.3. The molecule has 0 atom stereocenters. The van der Waals surface area contributed by atoms with Crippen molar-refractivity contribution in [3.8, 4) is 0 Å². The van der Waals surface area contributed by atoms with Crippen LogP contribution < -0.4 is 17.2 Å². The van der Waals surface area contributed by atoms with Gasteiger partial charge in [0.2, 0.25) is 0 Å². The van der Waals surface area contributed by atoms with E-state index in [0.717, 1.165) is 39.3 Å². The Balaban J connectivity index is 3.57. The van der Waals surface area contributed by atoms with Crippen LogP contribution >= 0.6 is 0 Å². The van der Waals surface area contributed by atoms with Gasteiger partial charge >= 0.3 is 0 Å². The lowest BCUT2D eigenvalue weighted by Gasteiger charge is -2.22. The van der Waals surface area contributed by atoms with Gasteiger partial charge in [-0.2, -0.15) is 0 Å². The molecule has 17 heavy (non-hydrogen) atoms. The van der Waals surface area contributed by atoms with Crippen molar-refractivity contribution in [2.75, 3.05) is 52.5 Å². The van der Waals surface area contributed by atoms with Crippen LogP contribution in [0.3, 0.4) is 0 Å². The van der Waals surface area contributed by atoms with E-state index in [-0.39, 0.29) is 0 Å². The van der Waals surface area contributed by atoms with E-state index >= 15 is 0 Å². The van der Waals surface area contributed by atoms with E-state index in [9.17, 15) is 0 Å². The van der Waals surface area contributed by atoms with E-state index in [2.05, 4.69) is 16.7 Å². The molecule has 5 heteroatoms. The van der Waals surface area contributed by atoms with Gasteiger partial charge in [0.25, 0.3) is 0 Å². The van der Waals surface area contributed by atoms with Crippen LogP contribution in [0.2, 0.25) is 0 Å². The van der Waals surface area contributed by atoms with Crippen LogP contribution in [0.4, 0.5) is 0 Å². The average molecular weight is 245 g/mol. The summed E-state index contributed by atoms with van der Waals surface area (Å²) in [6, 6.07) is 0. The van der Waals surface area contributed by atoms with Gasteiger partial charge in [-0.15, -0.1) is 0 Å². The zero-order chi connectivity index (χ0) is 12.9. The summed E-state index contributed by atoms with van der Waals surface area (Å²) in [7, 11) is 0. The average Bonchev–Trinajstić information content (AvgIpc) is 2.33. The standard InChI is InChI=1S/C12H31N5/c1-2-7-16(10-5-13)8-3-4-9-17(12-15)11-6-14/h2-15H2,1H3. The van der Waals surface area contributed by atoms with Crippen molar-refractivity contribution in [1.82, 2.24) is 9.80 Å². The van der Waals surface area contributed by atoms with E-state index in [1.54, 1.807) is 0 Å². The molecular formula is C12H31N5. The highest BCUT2D eigenvalue weighted by Gasteiger charge is 2.04. The Kier molecular flexibility index (Phi) is 12.1. The van der Waals surface area contributed by atoms with Gasteiger partial charge in [0.15, 0.2) is 0 Å². The Morgan fingerprint density at radius 2 is 1.24 bits per heavy atom. The summed E-state index contributed by atoms with van der Waals surface area (Å²) in [4.78, 5) is 4.64. The van der Waals surface area contributed by atoms with Crippen LogP contribution in [0.25, 0.3) is 0 Å². The summed E-state index contributed by atoms with van der Waals surface area (Å²) < 4.78 is 0. The lowest BCUT2D eigenvalue weighted by molar-refractivity contribution is 0.250. The number of nitrogens with zero attached hydrogens (tertiary/aromatic N) is 2. The predicted octanol–water partition coefficient (Wildman–Crippen LogP) is -0.386. The van der Waals surface area contributed by atoms with Crippen molar-refractivity contribution in [3.05, 3.63) is 0 Å². The maximum atomic E-state index is 5.64. The third-order valence-corrected chi connectivity index (χ3v) is 2.89.